The quantitative estimate of drug-likeness (QED) is 0.816. The fourth-order valence-corrected chi connectivity index (χ4v) is 3.22. The van der Waals surface area contributed by atoms with Crippen LogP contribution < -0.4 is 0 Å². The molecule has 1 aliphatic carbocycles. The van der Waals surface area contributed by atoms with Crippen LogP contribution in [0.25, 0.3) is 0 Å². The van der Waals surface area contributed by atoms with Gasteiger partial charge in [0.2, 0.25) is 0 Å². The van der Waals surface area contributed by atoms with Crippen molar-refractivity contribution in [3.05, 3.63) is 51.4 Å². The summed E-state index contributed by atoms with van der Waals surface area (Å²) in [6.45, 7) is 0. The molecule has 1 unspecified atom stereocenters. The van der Waals surface area contributed by atoms with Gasteiger partial charge in [-0.15, -0.1) is 0 Å². The fourth-order valence-electron chi connectivity index (χ4n) is 2.86. The van der Waals surface area contributed by atoms with Crippen LogP contribution in [0.1, 0.15) is 49.1 Å². The lowest BCUT2D eigenvalue weighted by Gasteiger charge is -2.11. The van der Waals surface area contributed by atoms with Gasteiger partial charge in [0.05, 0.1) is 17.8 Å². The van der Waals surface area contributed by atoms with Crippen LogP contribution in [0, 0.1) is 3.57 Å². The first-order valence-corrected chi connectivity index (χ1v) is 8.28. The number of rotatable bonds is 4. The van der Waals surface area contributed by atoms with E-state index in [4.69, 9.17) is 0 Å². The Morgan fingerprint density at radius 3 is 2.60 bits per heavy atom. The van der Waals surface area contributed by atoms with Gasteiger partial charge in [0.25, 0.3) is 0 Å². The van der Waals surface area contributed by atoms with Gasteiger partial charge in [-0.25, -0.2) is 0 Å². The van der Waals surface area contributed by atoms with E-state index < -0.39 is 6.10 Å². The van der Waals surface area contributed by atoms with Crippen molar-refractivity contribution in [1.82, 2.24) is 9.78 Å². The van der Waals surface area contributed by atoms with Gasteiger partial charge in [-0.1, -0.05) is 25.0 Å². The molecule has 1 N–H and O–H groups in total. The second kappa shape index (κ2) is 6.26. The summed E-state index contributed by atoms with van der Waals surface area (Å²) < 4.78 is 3.27. The normalized spacial score (nSPS) is 17.5. The first-order valence-electron chi connectivity index (χ1n) is 7.20. The summed E-state index contributed by atoms with van der Waals surface area (Å²) >= 11 is 2.27. The topological polar surface area (TPSA) is 38.0 Å². The van der Waals surface area contributed by atoms with E-state index in [1.165, 1.54) is 29.3 Å². The van der Waals surface area contributed by atoms with Gasteiger partial charge in [-0.3, -0.25) is 4.68 Å². The molecule has 1 fully saturated rings. The number of halogens is 1. The summed E-state index contributed by atoms with van der Waals surface area (Å²) in [5.74, 6) is 0. The van der Waals surface area contributed by atoms with Crippen molar-refractivity contribution in [2.75, 3.05) is 0 Å². The molecular formula is C16H19IN2O. The van der Waals surface area contributed by atoms with Crippen molar-refractivity contribution >= 4 is 22.6 Å². The third kappa shape index (κ3) is 3.23. The third-order valence-electron chi connectivity index (χ3n) is 4.02. The molecule has 0 saturated heterocycles. The summed E-state index contributed by atoms with van der Waals surface area (Å²) in [6.07, 6.45) is 7.27. The molecule has 0 aliphatic heterocycles. The average molecular weight is 382 g/mol. The predicted octanol–water partition coefficient (Wildman–Crippen LogP) is 3.88. The molecule has 1 atom stereocenters. The van der Waals surface area contributed by atoms with E-state index in [1.807, 2.05) is 30.3 Å². The van der Waals surface area contributed by atoms with E-state index in [2.05, 4.69) is 38.6 Å². The van der Waals surface area contributed by atoms with Gasteiger partial charge in [0.15, 0.2) is 0 Å². The smallest absolute Gasteiger partial charge is 0.0846 e. The zero-order chi connectivity index (χ0) is 13.9. The SMILES string of the molecule is OC(Cc1ccn(C2CCCC2)n1)c1ccc(I)cc1. The van der Waals surface area contributed by atoms with E-state index in [-0.39, 0.29) is 0 Å². The summed E-state index contributed by atoms with van der Waals surface area (Å²) in [5.41, 5.74) is 1.93. The van der Waals surface area contributed by atoms with E-state index in [9.17, 15) is 5.11 Å². The maximum absolute atomic E-state index is 10.3. The summed E-state index contributed by atoms with van der Waals surface area (Å²) in [7, 11) is 0. The molecule has 4 heteroatoms. The number of aliphatic hydroxyl groups excluding tert-OH is 1. The second-order valence-electron chi connectivity index (χ2n) is 5.50. The summed E-state index contributed by atoms with van der Waals surface area (Å²) in [5, 5.41) is 14.9. The van der Waals surface area contributed by atoms with Crippen molar-refractivity contribution in [2.24, 2.45) is 0 Å². The lowest BCUT2D eigenvalue weighted by molar-refractivity contribution is 0.176. The zero-order valence-corrected chi connectivity index (χ0v) is 13.5. The number of hydrogen-bond acceptors (Lipinski definition) is 2. The van der Waals surface area contributed by atoms with Crippen molar-refractivity contribution in [3.8, 4) is 0 Å². The number of aliphatic hydroxyl groups is 1. The minimum absolute atomic E-state index is 0.473. The second-order valence-corrected chi connectivity index (χ2v) is 6.74. The molecular weight excluding hydrogens is 363 g/mol. The molecule has 1 aliphatic rings. The minimum Gasteiger partial charge on any atom is -0.388 e. The molecule has 0 spiro atoms. The van der Waals surface area contributed by atoms with Crippen molar-refractivity contribution in [1.29, 1.82) is 0 Å². The van der Waals surface area contributed by atoms with Gasteiger partial charge in [0, 0.05) is 16.2 Å². The fraction of sp³-hybridized carbons (Fsp3) is 0.438. The minimum atomic E-state index is -0.473. The van der Waals surface area contributed by atoms with Crippen molar-refractivity contribution in [2.45, 2.75) is 44.2 Å². The Morgan fingerprint density at radius 2 is 1.90 bits per heavy atom. The number of nitrogens with zero attached hydrogens (tertiary/aromatic N) is 2. The molecule has 1 aromatic carbocycles. The van der Waals surface area contributed by atoms with Crippen molar-refractivity contribution in [3.63, 3.8) is 0 Å². The van der Waals surface area contributed by atoms with E-state index >= 15 is 0 Å². The Balaban J connectivity index is 1.66. The van der Waals surface area contributed by atoms with Gasteiger partial charge >= 0.3 is 0 Å². The molecule has 2 aromatic rings. The molecule has 1 aromatic heterocycles. The van der Waals surface area contributed by atoms with Crippen LogP contribution in [-0.4, -0.2) is 14.9 Å². The highest BCUT2D eigenvalue weighted by atomic mass is 127. The predicted molar refractivity (Wildman–Crippen MR) is 87.6 cm³/mol. The highest BCUT2D eigenvalue weighted by Gasteiger charge is 2.18. The lowest BCUT2D eigenvalue weighted by Crippen LogP contribution is -2.07. The average Bonchev–Trinajstić information content (AvgIpc) is 3.09. The lowest BCUT2D eigenvalue weighted by atomic mass is 10.1. The van der Waals surface area contributed by atoms with Crippen LogP contribution in [0.5, 0.6) is 0 Å². The molecule has 1 heterocycles. The molecule has 1 saturated carbocycles. The van der Waals surface area contributed by atoms with E-state index in [0.29, 0.717) is 12.5 Å². The monoisotopic (exact) mass is 382 g/mol. The molecule has 3 nitrogen and oxygen atoms in total. The Bertz CT molecular complexity index is 558. The Morgan fingerprint density at radius 1 is 1.20 bits per heavy atom. The highest BCUT2D eigenvalue weighted by molar-refractivity contribution is 14.1. The first kappa shape index (κ1) is 14.1. The van der Waals surface area contributed by atoms with Crippen molar-refractivity contribution < 1.29 is 5.11 Å². The number of hydrogen-bond donors (Lipinski definition) is 1. The Hall–Kier alpha value is -0.880. The van der Waals surface area contributed by atoms with Crippen LogP contribution >= 0.6 is 22.6 Å². The van der Waals surface area contributed by atoms with Crippen LogP contribution in [-0.2, 0) is 6.42 Å². The van der Waals surface area contributed by atoms with Gasteiger partial charge in [-0.05, 0) is 59.2 Å². The molecule has 0 amide bonds. The first-order chi connectivity index (χ1) is 9.72. The largest absolute Gasteiger partial charge is 0.388 e. The van der Waals surface area contributed by atoms with Crippen LogP contribution in [0.4, 0.5) is 0 Å². The van der Waals surface area contributed by atoms with Gasteiger partial charge in [-0.2, -0.15) is 5.10 Å². The van der Waals surface area contributed by atoms with E-state index in [1.54, 1.807) is 0 Å². The maximum atomic E-state index is 10.3. The standard InChI is InChI=1S/C16H19IN2O/c17-13-7-5-12(6-8-13)16(20)11-14-9-10-19(18-14)15-3-1-2-4-15/h5-10,15-16,20H,1-4,11H2. The zero-order valence-electron chi connectivity index (χ0n) is 11.4. The van der Waals surface area contributed by atoms with Crippen LogP contribution in [0.3, 0.4) is 0 Å². The number of benzene rings is 1. The molecule has 3 rings (SSSR count). The van der Waals surface area contributed by atoms with Crippen LogP contribution in [0.2, 0.25) is 0 Å². The molecule has 0 radical (unpaired) electrons. The van der Waals surface area contributed by atoms with Gasteiger partial charge in [0.1, 0.15) is 0 Å². The number of aromatic nitrogens is 2. The summed E-state index contributed by atoms with van der Waals surface area (Å²) in [4.78, 5) is 0. The Labute approximate surface area is 133 Å². The summed E-state index contributed by atoms with van der Waals surface area (Å²) in [6, 6.07) is 10.6. The van der Waals surface area contributed by atoms with E-state index in [0.717, 1.165) is 11.3 Å². The maximum Gasteiger partial charge on any atom is 0.0846 e. The molecule has 20 heavy (non-hydrogen) atoms. The molecule has 0 bridgehead atoms. The van der Waals surface area contributed by atoms with Crippen LogP contribution in [0.15, 0.2) is 36.5 Å². The molecule has 106 valence electrons. The highest BCUT2D eigenvalue weighted by Crippen LogP contribution is 2.29. The van der Waals surface area contributed by atoms with Gasteiger partial charge < -0.3 is 5.11 Å². The Kier molecular flexibility index (Phi) is 4.41. The third-order valence-corrected chi connectivity index (χ3v) is 4.74.